The third-order valence-electron chi connectivity index (χ3n) is 4.31. The largest absolute Gasteiger partial charge is 0.0625 e. The highest BCUT2D eigenvalue weighted by Gasteiger charge is 2.14. The van der Waals surface area contributed by atoms with Gasteiger partial charge in [0.1, 0.15) is 0 Å². The Labute approximate surface area is 106 Å². The Bertz CT molecular complexity index is 334. The van der Waals surface area contributed by atoms with Crippen LogP contribution in [-0.4, -0.2) is 0 Å². The van der Waals surface area contributed by atoms with E-state index in [1.54, 1.807) is 11.1 Å². The van der Waals surface area contributed by atoms with E-state index in [0.717, 1.165) is 11.8 Å². The summed E-state index contributed by atoms with van der Waals surface area (Å²) in [5.41, 5.74) is 3.16. The van der Waals surface area contributed by atoms with Crippen LogP contribution in [0.15, 0.2) is 24.3 Å². The number of fused-ring (bicyclic) bond motifs is 1. The molecule has 1 aromatic rings. The van der Waals surface area contributed by atoms with Crippen molar-refractivity contribution in [2.24, 2.45) is 5.92 Å². The SMILES string of the molecule is CC1CCCC1.CC1CCCc2ccccc21. The van der Waals surface area contributed by atoms with Crippen LogP contribution in [0.2, 0.25) is 0 Å². The first-order chi connectivity index (χ1) is 8.27. The number of benzene rings is 1. The van der Waals surface area contributed by atoms with Gasteiger partial charge < -0.3 is 0 Å². The molecule has 0 heteroatoms. The Morgan fingerprint density at radius 2 is 1.59 bits per heavy atom. The van der Waals surface area contributed by atoms with Gasteiger partial charge in [0.05, 0.1) is 0 Å². The van der Waals surface area contributed by atoms with Gasteiger partial charge in [-0.15, -0.1) is 0 Å². The topological polar surface area (TPSA) is 0 Å². The molecular formula is C17H26. The molecule has 0 spiro atoms. The van der Waals surface area contributed by atoms with Crippen molar-refractivity contribution in [3.63, 3.8) is 0 Å². The van der Waals surface area contributed by atoms with E-state index in [1.165, 1.54) is 44.9 Å². The molecule has 0 aliphatic heterocycles. The van der Waals surface area contributed by atoms with Crippen molar-refractivity contribution in [2.75, 3.05) is 0 Å². The van der Waals surface area contributed by atoms with E-state index in [2.05, 4.69) is 38.1 Å². The van der Waals surface area contributed by atoms with Crippen molar-refractivity contribution in [3.05, 3.63) is 35.4 Å². The average molecular weight is 230 g/mol. The molecule has 1 aromatic carbocycles. The molecule has 17 heavy (non-hydrogen) atoms. The maximum absolute atomic E-state index is 2.34. The molecule has 0 nitrogen and oxygen atoms in total. The monoisotopic (exact) mass is 230 g/mol. The molecule has 2 aliphatic rings. The Kier molecular flexibility index (Phi) is 4.65. The van der Waals surface area contributed by atoms with E-state index < -0.39 is 0 Å². The van der Waals surface area contributed by atoms with E-state index in [1.807, 2.05) is 0 Å². The summed E-state index contributed by atoms with van der Waals surface area (Å²) in [5, 5.41) is 0. The molecule has 3 rings (SSSR count). The Balaban J connectivity index is 0.000000153. The van der Waals surface area contributed by atoms with Gasteiger partial charge in [0.15, 0.2) is 0 Å². The van der Waals surface area contributed by atoms with Crippen molar-refractivity contribution in [1.82, 2.24) is 0 Å². The average Bonchev–Trinajstić information content (AvgIpc) is 2.82. The summed E-state index contributed by atoms with van der Waals surface area (Å²) in [6.07, 6.45) is 9.98. The van der Waals surface area contributed by atoms with E-state index >= 15 is 0 Å². The van der Waals surface area contributed by atoms with Crippen molar-refractivity contribution >= 4 is 0 Å². The van der Waals surface area contributed by atoms with Gasteiger partial charge in [0, 0.05) is 0 Å². The summed E-state index contributed by atoms with van der Waals surface area (Å²) in [4.78, 5) is 0. The molecule has 94 valence electrons. The van der Waals surface area contributed by atoms with Gasteiger partial charge in [-0.05, 0) is 42.2 Å². The molecule has 1 fully saturated rings. The van der Waals surface area contributed by atoms with Crippen molar-refractivity contribution in [3.8, 4) is 0 Å². The van der Waals surface area contributed by atoms with Crippen LogP contribution in [0.4, 0.5) is 0 Å². The summed E-state index contributed by atoms with van der Waals surface area (Å²) >= 11 is 0. The first-order valence-electron chi connectivity index (χ1n) is 7.35. The molecule has 0 aromatic heterocycles. The molecule has 1 unspecified atom stereocenters. The van der Waals surface area contributed by atoms with Crippen molar-refractivity contribution in [2.45, 2.75) is 64.7 Å². The third-order valence-corrected chi connectivity index (χ3v) is 4.31. The third kappa shape index (κ3) is 3.59. The highest BCUT2D eigenvalue weighted by atomic mass is 14.2. The molecule has 1 atom stereocenters. The Morgan fingerprint density at radius 3 is 2.18 bits per heavy atom. The minimum atomic E-state index is 0.792. The first-order valence-corrected chi connectivity index (χ1v) is 7.35. The minimum Gasteiger partial charge on any atom is -0.0625 e. The van der Waals surface area contributed by atoms with Gasteiger partial charge in [-0.25, -0.2) is 0 Å². The highest BCUT2D eigenvalue weighted by Crippen LogP contribution is 2.30. The summed E-state index contributed by atoms with van der Waals surface area (Å²) < 4.78 is 0. The van der Waals surface area contributed by atoms with Gasteiger partial charge in [-0.1, -0.05) is 63.8 Å². The van der Waals surface area contributed by atoms with Crippen molar-refractivity contribution < 1.29 is 0 Å². The lowest BCUT2D eigenvalue weighted by Gasteiger charge is -2.21. The van der Waals surface area contributed by atoms with Gasteiger partial charge in [0.2, 0.25) is 0 Å². The van der Waals surface area contributed by atoms with Crippen LogP contribution in [0.3, 0.4) is 0 Å². The molecule has 2 aliphatic carbocycles. The number of hydrogen-bond donors (Lipinski definition) is 0. The molecular weight excluding hydrogens is 204 g/mol. The predicted octanol–water partition coefficient (Wildman–Crippen LogP) is 5.32. The standard InChI is InChI=1S/C11H14.C6H12/c1-9-5-4-7-10-6-2-3-8-11(9)10;1-6-4-2-3-5-6/h2-3,6,8-9H,4-5,7H2,1H3;6H,2-5H2,1H3. The second-order valence-electron chi connectivity index (χ2n) is 5.88. The highest BCUT2D eigenvalue weighted by molar-refractivity contribution is 5.31. The Hall–Kier alpha value is -0.780. The summed E-state index contributed by atoms with van der Waals surface area (Å²) in [6.45, 7) is 4.67. The fourth-order valence-electron chi connectivity index (χ4n) is 3.13. The van der Waals surface area contributed by atoms with Crippen LogP contribution < -0.4 is 0 Å². The second-order valence-corrected chi connectivity index (χ2v) is 5.88. The fourth-order valence-corrected chi connectivity index (χ4v) is 3.13. The second kappa shape index (κ2) is 6.23. The molecule has 1 saturated carbocycles. The van der Waals surface area contributed by atoms with Crippen LogP contribution in [0, 0.1) is 5.92 Å². The lowest BCUT2D eigenvalue weighted by Crippen LogP contribution is -2.05. The number of hydrogen-bond acceptors (Lipinski definition) is 0. The zero-order valence-electron chi connectivity index (χ0n) is 11.4. The molecule has 0 N–H and O–H groups in total. The molecule has 0 saturated heterocycles. The van der Waals surface area contributed by atoms with Gasteiger partial charge in [0.25, 0.3) is 0 Å². The normalized spacial score (nSPS) is 23.8. The van der Waals surface area contributed by atoms with Crippen molar-refractivity contribution in [1.29, 1.82) is 0 Å². The zero-order valence-corrected chi connectivity index (χ0v) is 11.4. The molecule has 0 bridgehead atoms. The number of aryl methyl sites for hydroxylation is 1. The molecule has 0 heterocycles. The summed E-state index contributed by atoms with van der Waals surface area (Å²) in [5.74, 6) is 1.84. The minimum absolute atomic E-state index is 0.792. The fraction of sp³-hybridized carbons (Fsp3) is 0.647. The van der Waals surface area contributed by atoms with Gasteiger partial charge >= 0.3 is 0 Å². The van der Waals surface area contributed by atoms with Crippen LogP contribution in [0.25, 0.3) is 0 Å². The van der Waals surface area contributed by atoms with E-state index in [-0.39, 0.29) is 0 Å². The van der Waals surface area contributed by atoms with Gasteiger partial charge in [-0.2, -0.15) is 0 Å². The van der Waals surface area contributed by atoms with Crippen LogP contribution in [0.1, 0.15) is 69.4 Å². The maximum atomic E-state index is 2.34. The van der Waals surface area contributed by atoms with Gasteiger partial charge in [-0.3, -0.25) is 0 Å². The predicted molar refractivity (Wildman–Crippen MR) is 75.4 cm³/mol. The molecule has 0 amide bonds. The van der Waals surface area contributed by atoms with Crippen LogP contribution in [0.5, 0.6) is 0 Å². The lowest BCUT2D eigenvalue weighted by molar-refractivity contribution is 0.590. The Morgan fingerprint density at radius 1 is 0.882 bits per heavy atom. The van der Waals surface area contributed by atoms with E-state index in [9.17, 15) is 0 Å². The number of rotatable bonds is 0. The summed E-state index contributed by atoms with van der Waals surface area (Å²) in [6, 6.07) is 8.85. The van der Waals surface area contributed by atoms with E-state index in [0.29, 0.717) is 0 Å². The summed E-state index contributed by atoms with van der Waals surface area (Å²) in [7, 11) is 0. The van der Waals surface area contributed by atoms with Crippen LogP contribution in [-0.2, 0) is 6.42 Å². The molecule has 0 radical (unpaired) electrons. The maximum Gasteiger partial charge on any atom is -0.0188 e. The zero-order chi connectivity index (χ0) is 12.1. The van der Waals surface area contributed by atoms with E-state index in [4.69, 9.17) is 0 Å². The first kappa shape index (κ1) is 12.7. The van der Waals surface area contributed by atoms with Crippen LogP contribution >= 0.6 is 0 Å². The lowest BCUT2D eigenvalue weighted by atomic mass is 9.84. The quantitative estimate of drug-likeness (QED) is 0.565. The smallest absolute Gasteiger partial charge is 0.0188 e.